The standard InChI is InChI=1S/C22H28N4O7/c1-11(2)9-14(26-18(28)12-7-5-6-8-13(12)19(26)29)21(31)33-10-15(27)16-17(23)24(3)22(32)25(4)20(16)30/h5-6,11-14H,7-10,23H2,1-4H3/t12-,13+,14-/m1/s1. The molecule has 1 aromatic rings. The molecule has 0 unspecified atom stereocenters. The van der Waals surface area contributed by atoms with Gasteiger partial charge >= 0.3 is 11.7 Å². The van der Waals surface area contributed by atoms with Gasteiger partial charge in [-0.25, -0.2) is 9.59 Å². The minimum atomic E-state index is -1.18. The molecule has 2 heterocycles. The SMILES string of the molecule is CC(C)C[C@H](C(=O)OCC(=O)c1c(N)n(C)c(=O)n(C)c1=O)N1C(=O)[C@H]2CC=CC[C@H]2C1=O. The molecule has 2 amide bonds. The molecule has 0 spiro atoms. The van der Waals surface area contributed by atoms with E-state index in [9.17, 15) is 28.8 Å². The molecule has 1 fully saturated rings. The number of allylic oxidation sites excluding steroid dienone is 2. The summed E-state index contributed by atoms with van der Waals surface area (Å²) in [5.74, 6) is -4.03. The molecule has 0 bridgehead atoms. The first kappa shape index (κ1) is 24.1. The Balaban J connectivity index is 1.82. The van der Waals surface area contributed by atoms with Crippen molar-refractivity contribution in [3.63, 3.8) is 0 Å². The van der Waals surface area contributed by atoms with Crippen LogP contribution >= 0.6 is 0 Å². The van der Waals surface area contributed by atoms with Gasteiger partial charge in [-0.15, -0.1) is 0 Å². The first-order chi connectivity index (χ1) is 15.5. The van der Waals surface area contributed by atoms with Crippen molar-refractivity contribution >= 4 is 29.4 Å². The normalized spacial score (nSPS) is 20.8. The lowest BCUT2D eigenvalue weighted by molar-refractivity contribution is -0.158. The summed E-state index contributed by atoms with van der Waals surface area (Å²) in [6.07, 6.45) is 4.73. The Labute approximate surface area is 189 Å². The van der Waals surface area contributed by atoms with Gasteiger partial charge in [0.2, 0.25) is 17.6 Å². The van der Waals surface area contributed by atoms with Gasteiger partial charge in [0.15, 0.2) is 6.61 Å². The van der Waals surface area contributed by atoms with Gasteiger partial charge in [-0.1, -0.05) is 26.0 Å². The number of fused-ring (bicyclic) bond motifs is 1. The van der Waals surface area contributed by atoms with Crippen molar-refractivity contribution in [1.82, 2.24) is 14.0 Å². The Kier molecular flexibility index (Phi) is 6.71. The first-order valence-corrected chi connectivity index (χ1v) is 10.7. The van der Waals surface area contributed by atoms with E-state index in [-0.39, 0.29) is 18.2 Å². The van der Waals surface area contributed by atoms with Crippen LogP contribution in [0.5, 0.6) is 0 Å². The van der Waals surface area contributed by atoms with Gasteiger partial charge in [0.25, 0.3) is 5.56 Å². The summed E-state index contributed by atoms with van der Waals surface area (Å²) in [7, 11) is 2.50. The van der Waals surface area contributed by atoms with Crippen LogP contribution in [0.2, 0.25) is 0 Å². The smallest absolute Gasteiger partial charge is 0.332 e. The molecule has 1 aliphatic carbocycles. The number of hydrogen-bond donors (Lipinski definition) is 1. The first-order valence-electron chi connectivity index (χ1n) is 10.7. The maximum Gasteiger partial charge on any atom is 0.332 e. The number of carbonyl (C=O) groups is 4. The fraction of sp³-hybridized carbons (Fsp3) is 0.545. The van der Waals surface area contributed by atoms with Gasteiger partial charge in [-0.3, -0.25) is 33.2 Å². The minimum Gasteiger partial charge on any atom is -0.456 e. The number of anilines is 1. The summed E-state index contributed by atoms with van der Waals surface area (Å²) in [6.45, 7) is 2.84. The molecule has 33 heavy (non-hydrogen) atoms. The Morgan fingerprint density at radius 3 is 2.09 bits per heavy atom. The maximum absolute atomic E-state index is 13.0. The largest absolute Gasteiger partial charge is 0.456 e. The van der Waals surface area contributed by atoms with Gasteiger partial charge in [0.1, 0.15) is 17.4 Å². The van der Waals surface area contributed by atoms with Crippen LogP contribution in [0.15, 0.2) is 21.7 Å². The molecular formula is C22H28N4O7. The average Bonchev–Trinajstić information content (AvgIpc) is 3.03. The highest BCUT2D eigenvalue weighted by Gasteiger charge is 2.51. The van der Waals surface area contributed by atoms with Crippen molar-refractivity contribution in [3.05, 3.63) is 38.6 Å². The second kappa shape index (κ2) is 9.16. The Hall–Kier alpha value is -3.50. The third kappa shape index (κ3) is 4.27. The number of carbonyl (C=O) groups excluding carboxylic acids is 4. The number of hydrogen-bond acceptors (Lipinski definition) is 8. The molecule has 1 saturated heterocycles. The van der Waals surface area contributed by atoms with Crippen LogP contribution in [0.1, 0.15) is 43.5 Å². The summed E-state index contributed by atoms with van der Waals surface area (Å²) in [4.78, 5) is 76.8. The van der Waals surface area contributed by atoms with Gasteiger partial charge in [-0.05, 0) is 25.2 Å². The molecule has 0 aromatic carbocycles. The van der Waals surface area contributed by atoms with Crippen LogP contribution < -0.4 is 17.0 Å². The number of amides is 2. The molecule has 11 heteroatoms. The number of esters is 1. The lowest BCUT2D eigenvalue weighted by atomic mass is 9.85. The van der Waals surface area contributed by atoms with E-state index in [2.05, 4.69) is 0 Å². The molecule has 11 nitrogen and oxygen atoms in total. The highest BCUT2D eigenvalue weighted by atomic mass is 16.5. The predicted molar refractivity (Wildman–Crippen MR) is 117 cm³/mol. The monoisotopic (exact) mass is 460 g/mol. The number of ether oxygens (including phenoxy) is 1. The van der Waals surface area contributed by atoms with E-state index in [1.165, 1.54) is 14.1 Å². The number of Topliss-reactive ketones (excluding diaryl/α,β-unsaturated/α-hetero) is 1. The fourth-order valence-corrected chi connectivity index (χ4v) is 4.31. The van der Waals surface area contributed by atoms with Crippen LogP contribution in [-0.2, 0) is 33.2 Å². The van der Waals surface area contributed by atoms with E-state index in [0.717, 1.165) is 14.0 Å². The zero-order valence-electron chi connectivity index (χ0n) is 19.1. The minimum absolute atomic E-state index is 0.0498. The lowest BCUT2D eigenvalue weighted by Crippen LogP contribution is -2.47. The van der Waals surface area contributed by atoms with Crippen LogP contribution in [0.4, 0.5) is 5.82 Å². The topological polar surface area (TPSA) is 151 Å². The number of nitrogens with two attached hydrogens (primary N) is 1. The van der Waals surface area contributed by atoms with E-state index in [0.29, 0.717) is 12.8 Å². The second-order valence-electron chi connectivity index (χ2n) is 8.84. The van der Waals surface area contributed by atoms with Crippen LogP contribution in [0.25, 0.3) is 0 Å². The van der Waals surface area contributed by atoms with Crippen molar-refractivity contribution in [1.29, 1.82) is 0 Å². The molecule has 178 valence electrons. The molecular weight excluding hydrogens is 432 g/mol. The summed E-state index contributed by atoms with van der Waals surface area (Å²) < 4.78 is 6.83. The van der Waals surface area contributed by atoms with E-state index in [4.69, 9.17) is 10.5 Å². The number of likely N-dealkylation sites (tertiary alicyclic amines) is 1. The van der Waals surface area contributed by atoms with E-state index >= 15 is 0 Å². The summed E-state index contributed by atoms with van der Waals surface area (Å²) in [5.41, 5.74) is 3.69. The zero-order chi connectivity index (χ0) is 24.6. The Morgan fingerprint density at radius 2 is 1.58 bits per heavy atom. The van der Waals surface area contributed by atoms with Crippen LogP contribution in [-0.4, -0.2) is 50.2 Å². The van der Waals surface area contributed by atoms with Crippen molar-refractivity contribution in [2.75, 3.05) is 12.3 Å². The number of ketones is 1. The van der Waals surface area contributed by atoms with Crippen LogP contribution in [0, 0.1) is 17.8 Å². The van der Waals surface area contributed by atoms with Crippen molar-refractivity contribution < 1.29 is 23.9 Å². The van der Waals surface area contributed by atoms with Gasteiger partial charge in [0, 0.05) is 14.1 Å². The van der Waals surface area contributed by atoms with E-state index in [1.54, 1.807) is 0 Å². The predicted octanol–water partition coefficient (Wildman–Crippen LogP) is -0.242. The third-order valence-corrected chi connectivity index (χ3v) is 6.15. The highest BCUT2D eigenvalue weighted by molar-refractivity contribution is 6.08. The van der Waals surface area contributed by atoms with Crippen LogP contribution in [0.3, 0.4) is 0 Å². The lowest BCUT2D eigenvalue weighted by Gasteiger charge is -2.26. The third-order valence-electron chi connectivity index (χ3n) is 6.15. The molecule has 1 aliphatic heterocycles. The molecule has 2 aliphatic rings. The summed E-state index contributed by atoms with van der Waals surface area (Å²) in [6, 6.07) is -1.18. The van der Waals surface area contributed by atoms with Gasteiger partial charge in [0.05, 0.1) is 11.8 Å². The number of rotatable bonds is 7. The fourth-order valence-electron chi connectivity index (χ4n) is 4.31. The second-order valence-corrected chi connectivity index (χ2v) is 8.84. The van der Waals surface area contributed by atoms with Crippen molar-refractivity contribution in [2.45, 2.75) is 39.2 Å². The van der Waals surface area contributed by atoms with E-state index < -0.39 is 64.9 Å². The number of nitrogens with zero attached hydrogens (tertiary/aromatic N) is 3. The van der Waals surface area contributed by atoms with Crippen molar-refractivity contribution in [3.8, 4) is 0 Å². The Bertz CT molecular complexity index is 1130. The summed E-state index contributed by atoms with van der Waals surface area (Å²) in [5, 5.41) is 0. The molecule has 2 N–H and O–H groups in total. The molecule has 0 saturated carbocycles. The van der Waals surface area contributed by atoms with Crippen molar-refractivity contribution in [2.24, 2.45) is 31.8 Å². The molecule has 1 aromatic heterocycles. The number of aromatic nitrogens is 2. The number of nitrogen functional groups attached to an aromatic ring is 1. The number of imide groups is 1. The zero-order valence-corrected chi connectivity index (χ0v) is 19.1. The Morgan fingerprint density at radius 1 is 1.03 bits per heavy atom. The molecule has 3 rings (SSSR count). The quantitative estimate of drug-likeness (QED) is 0.253. The molecule has 3 atom stereocenters. The van der Waals surface area contributed by atoms with E-state index in [1.807, 2.05) is 26.0 Å². The maximum atomic E-state index is 13.0. The van der Waals surface area contributed by atoms with Gasteiger partial charge < -0.3 is 10.5 Å². The molecule has 0 radical (unpaired) electrons. The average molecular weight is 460 g/mol. The summed E-state index contributed by atoms with van der Waals surface area (Å²) >= 11 is 0. The highest BCUT2D eigenvalue weighted by Crippen LogP contribution is 2.37. The van der Waals surface area contributed by atoms with Gasteiger partial charge in [-0.2, -0.15) is 0 Å².